The Morgan fingerprint density at radius 3 is 2.54 bits per heavy atom. The lowest BCUT2D eigenvalue weighted by Crippen LogP contribution is -2.41. The summed E-state index contributed by atoms with van der Waals surface area (Å²) in [5.74, 6) is 0.252. The summed E-state index contributed by atoms with van der Waals surface area (Å²) in [6, 6.07) is 0.889. The molecule has 0 bridgehead atoms. The molecule has 0 radical (unpaired) electrons. The van der Waals surface area contributed by atoms with E-state index in [1.165, 1.54) is 0 Å². The fourth-order valence-electron chi connectivity index (χ4n) is 2.80. The Bertz CT molecular complexity index is 593. The molecule has 0 spiro atoms. The highest BCUT2D eigenvalue weighted by Crippen LogP contribution is 2.34. The third kappa shape index (κ3) is 6.17. The van der Waals surface area contributed by atoms with Crippen molar-refractivity contribution < 1.29 is 18.0 Å². The van der Waals surface area contributed by atoms with Crippen molar-refractivity contribution >= 4 is 35.7 Å². The van der Waals surface area contributed by atoms with Gasteiger partial charge in [0.05, 0.1) is 10.6 Å². The smallest absolute Gasteiger partial charge is 0.356 e. The molecule has 1 aliphatic rings. The second-order valence-electron chi connectivity index (χ2n) is 6.08. The fourth-order valence-corrected chi connectivity index (χ4v) is 3.08. The number of hydrogen-bond donors (Lipinski definition) is 2. The molecular formula is C16H23Cl2F3N4O. The lowest BCUT2D eigenvalue weighted by Gasteiger charge is -2.32. The van der Waals surface area contributed by atoms with E-state index in [4.69, 9.17) is 17.3 Å². The number of pyridine rings is 1. The van der Waals surface area contributed by atoms with E-state index in [1.54, 1.807) is 0 Å². The van der Waals surface area contributed by atoms with Gasteiger partial charge in [0.1, 0.15) is 5.82 Å². The van der Waals surface area contributed by atoms with Gasteiger partial charge in [-0.2, -0.15) is 13.2 Å². The van der Waals surface area contributed by atoms with E-state index in [0.717, 1.165) is 25.1 Å². The Hall–Kier alpha value is -1.25. The number of carbonyl (C=O) groups excluding carboxylic acids is 1. The summed E-state index contributed by atoms with van der Waals surface area (Å²) in [6.45, 7) is 2.27. The number of unbranched alkanes of at least 4 members (excludes halogenated alkanes) is 1. The molecular weight excluding hydrogens is 392 g/mol. The first-order valence-electron chi connectivity index (χ1n) is 8.28. The van der Waals surface area contributed by atoms with Gasteiger partial charge in [0.15, 0.2) is 0 Å². The number of carbonyl (C=O) groups is 1. The van der Waals surface area contributed by atoms with Crippen LogP contribution in [0.2, 0.25) is 5.02 Å². The number of hydrogen-bond acceptors (Lipinski definition) is 4. The highest BCUT2D eigenvalue weighted by atomic mass is 35.5. The zero-order valence-corrected chi connectivity index (χ0v) is 15.8. The van der Waals surface area contributed by atoms with Crippen LogP contribution in [-0.2, 0) is 11.0 Å². The predicted molar refractivity (Wildman–Crippen MR) is 97.7 cm³/mol. The van der Waals surface area contributed by atoms with Crippen molar-refractivity contribution in [1.82, 2.24) is 10.3 Å². The second kappa shape index (κ2) is 10.2. The van der Waals surface area contributed by atoms with E-state index in [-0.39, 0.29) is 29.3 Å². The number of halogens is 5. The maximum atomic E-state index is 12.7. The lowest BCUT2D eigenvalue weighted by atomic mass is 9.96. The number of nitrogens with one attached hydrogen (secondary N) is 1. The average molecular weight is 415 g/mol. The molecule has 0 atom stereocenters. The monoisotopic (exact) mass is 414 g/mol. The number of alkyl halides is 3. The van der Waals surface area contributed by atoms with Crippen LogP contribution >= 0.6 is 24.0 Å². The van der Waals surface area contributed by atoms with Crippen molar-refractivity contribution in [3.63, 3.8) is 0 Å². The minimum absolute atomic E-state index is 0. The quantitative estimate of drug-likeness (QED) is 0.700. The molecule has 0 unspecified atom stereocenters. The van der Waals surface area contributed by atoms with Gasteiger partial charge in [0, 0.05) is 31.7 Å². The molecule has 2 rings (SSSR count). The van der Waals surface area contributed by atoms with Crippen LogP contribution in [0.5, 0.6) is 0 Å². The summed E-state index contributed by atoms with van der Waals surface area (Å²) in [7, 11) is 0. The fraction of sp³-hybridized carbons (Fsp3) is 0.625. The van der Waals surface area contributed by atoms with E-state index < -0.39 is 11.7 Å². The second-order valence-corrected chi connectivity index (χ2v) is 6.48. The SMILES string of the molecule is Cl.NCCCCNC(=O)C1CCN(c2ncc(C(F)(F)F)cc2Cl)CC1. The largest absolute Gasteiger partial charge is 0.417 e. The number of aromatic nitrogens is 1. The summed E-state index contributed by atoms with van der Waals surface area (Å²) in [4.78, 5) is 17.8. The molecule has 0 saturated carbocycles. The first kappa shape index (κ1) is 22.8. The minimum atomic E-state index is -4.47. The molecule has 0 aliphatic carbocycles. The molecule has 26 heavy (non-hydrogen) atoms. The summed E-state index contributed by atoms with van der Waals surface area (Å²) in [6.07, 6.45) is -0.728. The molecule has 3 N–H and O–H groups in total. The third-order valence-corrected chi connectivity index (χ3v) is 4.52. The first-order valence-corrected chi connectivity index (χ1v) is 8.66. The maximum absolute atomic E-state index is 12.7. The van der Waals surface area contributed by atoms with Crippen molar-refractivity contribution in [2.75, 3.05) is 31.1 Å². The van der Waals surface area contributed by atoms with Crippen LogP contribution in [-0.4, -0.2) is 37.1 Å². The number of piperidine rings is 1. The van der Waals surface area contributed by atoms with Crippen molar-refractivity contribution in [3.8, 4) is 0 Å². The van der Waals surface area contributed by atoms with E-state index in [2.05, 4.69) is 10.3 Å². The van der Waals surface area contributed by atoms with E-state index in [0.29, 0.717) is 44.8 Å². The van der Waals surface area contributed by atoms with Crippen molar-refractivity contribution in [3.05, 3.63) is 22.8 Å². The molecule has 1 aromatic rings. The Morgan fingerprint density at radius 2 is 2.00 bits per heavy atom. The maximum Gasteiger partial charge on any atom is 0.417 e. The number of rotatable bonds is 6. The lowest BCUT2D eigenvalue weighted by molar-refractivity contribution is -0.137. The van der Waals surface area contributed by atoms with Crippen LogP contribution in [0.25, 0.3) is 0 Å². The third-order valence-electron chi connectivity index (χ3n) is 4.24. The van der Waals surface area contributed by atoms with Gasteiger partial charge in [-0.25, -0.2) is 4.98 Å². The minimum Gasteiger partial charge on any atom is -0.356 e. The Kier molecular flexibility index (Phi) is 8.92. The van der Waals surface area contributed by atoms with Crippen molar-refractivity contribution in [1.29, 1.82) is 0 Å². The van der Waals surface area contributed by atoms with Crippen LogP contribution in [0, 0.1) is 5.92 Å². The van der Waals surface area contributed by atoms with Gasteiger partial charge >= 0.3 is 6.18 Å². The zero-order valence-electron chi connectivity index (χ0n) is 14.2. The Labute approximate surface area is 161 Å². The molecule has 1 aromatic heterocycles. The highest BCUT2D eigenvalue weighted by Gasteiger charge is 2.32. The summed E-state index contributed by atoms with van der Waals surface area (Å²) >= 11 is 5.97. The van der Waals surface area contributed by atoms with E-state index >= 15 is 0 Å². The van der Waals surface area contributed by atoms with E-state index in [1.807, 2.05) is 4.90 Å². The molecule has 1 amide bonds. The molecule has 5 nitrogen and oxygen atoms in total. The summed E-state index contributed by atoms with van der Waals surface area (Å²) in [5.41, 5.74) is 4.54. The van der Waals surface area contributed by atoms with E-state index in [9.17, 15) is 18.0 Å². The van der Waals surface area contributed by atoms with Crippen LogP contribution in [0.1, 0.15) is 31.2 Å². The zero-order chi connectivity index (χ0) is 18.4. The molecule has 10 heteroatoms. The van der Waals surface area contributed by atoms with Gasteiger partial charge < -0.3 is 16.0 Å². The highest BCUT2D eigenvalue weighted by molar-refractivity contribution is 6.33. The molecule has 0 aromatic carbocycles. The topological polar surface area (TPSA) is 71.2 Å². The van der Waals surface area contributed by atoms with Crippen LogP contribution < -0.4 is 16.0 Å². The van der Waals surface area contributed by atoms with Gasteiger partial charge in [-0.1, -0.05) is 11.6 Å². The normalized spacial score (nSPS) is 15.5. The van der Waals surface area contributed by atoms with Crippen LogP contribution in [0.15, 0.2) is 12.3 Å². The molecule has 1 fully saturated rings. The van der Waals surface area contributed by atoms with Crippen molar-refractivity contribution in [2.24, 2.45) is 11.7 Å². The van der Waals surface area contributed by atoms with Gasteiger partial charge in [0.2, 0.25) is 5.91 Å². The van der Waals surface area contributed by atoms with Gasteiger partial charge in [-0.15, -0.1) is 12.4 Å². The Morgan fingerprint density at radius 1 is 1.35 bits per heavy atom. The number of anilines is 1. The first-order chi connectivity index (χ1) is 11.8. The summed E-state index contributed by atoms with van der Waals surface area (Å²) < 4.78 is 38.0. The van der Waals surface area contributed by atoms with Gasteiger partial charge in [-0.3, -0.25) is 4.79 Å². The molecule has 1 aliphatic heterocycles. The summed E-state index contributed by atoms with van der Waals surface area (Å²) in [5, 5.41) is 2.87. The predicted octanol–water partition coefficient (Wildman–Crippen LogP) is 3.25. The van der Waals surface area contributed by atoms with Crippen LogP contribution in [0.4, 0.5) is 19.0 Å². The van der Waals surface area contributed by atoms with Gasteiger partial charge in [-0.05, 0) is 38.3 Å². The number of nitrogens with two attached hydrogens (primary N) is 1. The molecule has 1 saturated heterocycles. The standard InChI is InChI=1S/C16H22ClF3N4O.ClH/c17-13-9-12(16(18,19)20)10-23-14(13)24-7-3-11(4-8-24)15(25)22-6-2-1-5-21;/h9-11H,1-8,21H2,(H,22,25);1H. The number of nitrogens with zero attached hydrogens (tertiary/aromatic N) is 2. The molecule has 2 heterocycles. The number of amides is 1. The van der Waals surface area contributed by atoms with Gasteiger partial charge in [0.25, 0.3) is 0 Å². The van der Waals surface area contributed by atoms with Crippen LogP contribution in [0.3, 0.4) is 0 Å². The van der Waals surface area contributed by atoms with Crippen molar-refractivity contribution in [2.45, 2.75) is 31.9 Å². The Balaban J connectivity index is 0.00000338. The average Bonchev–Trinajstić information content (AvgIpc) is 2.58. The molecule has 148 valence electrons.